The molecule has 2 aliphatic rings. The smallest absolute Gasteiger partial charge is 0.244 e. The molecule has 1 atom stereocenters. The molecule has 0 heterocycles. The van der Waals surface area contributed by atoms with Gasteiger partial charge in [0.15, 0.2) is 0 Å². The number of amides is 1. The van der Waals surface area contributed by atoms with Gasteiger partial charge in [-0.25, -0.2) is 0 Å². The summed E-state index contributed by atoms with van der Waals surface area (Å²) in [5.74, 6) is 0.519. The number of carbonyl (C=O) groups excluding carboxylic acids is 1. The Labute approximate surface area is 126 Å². The van der Waals surface area contributed by atoms with E-state index in [2.05, 4.69) is 11.4 Å². The molecule has 112 valence electrons. The first-order chi connectivity index (χ1) is 10.1. The van der Waals surface area contributed by atoms with Gasteiger partial charge in [0.25, 0.3) is 0 Å². The van der Waals surface area contributed by atoms with Crippen LogP contribution in [0.25, 0.3) is 0 Å². The number of fused-ring (bicyclic) bond motifs is 1. The van der Waals surface area contributed by atoms with Crippen LogP contribution < -0.4 is 5.32 Å². The first-order valence-electron chi connectivity index (χ1n) is 7.85. The summed E-state index contributed by atoms with van der Waals surface area (Å²) in [6, 6.07) is 8.00. The fourth-order valence-corrected chi connectivity index (χ4v) is 3.23. The summed E-state index contributed by atoms with van der Waals surface area (Å²) >= 11 is 0. The molecule has 0 aromatic heterocycles. The van der Waals surface area contributed by atoms with Crippen molar-refractivity contribution in [2.75, 3.05) is 6.54 Å². The van der Waals surface area contributed by atoms with Crippen molar-refractivity contribution in [3.63, 3.8) is 0 Å². The maximum atomic E-state index is 12.0. The maximum Gasteiger partial charge on any atom is 0.244 e. The number of allylic oxidation sites excluding steroid dienone is 1. The highest BCUT2D eigenvalue weighted by Crippen LogP contribution is 2.36. The third-order valence-electron chi connectivity index (χ3n) is 4.69. The number of hydrogen-bond acceptors (Lipinski definition) is 2. The topological polar surface area (TPSA) is 49.3 Å². The van der Waals surface area contributed by atoms with Gasteiger partial charge in [0.1, 0.15) is 5.60 Å². The van der Waals surface area contributed by atoms with Crippen molar-refractivity contribution in [3.8, 4) is 0 Å². The van der Waals surface area contributed by atoms with Crippen LogP contribution in [0.4, 0.5) is 0 Å². The van der Waals surface area contributed by atoms with Crippen LogP contribution in [0, 0.1) is 5.92 Å². The van der Waals surface area contributed by atoms with E-state index in [1.54, 1.807) is 6.08 Å². The summed E-state index contributed by atoms with van der Waals surface area (Å²) in [7, 11) is 0. The van der Waals surface area contributed by atoms with Crippen molar-refractivity contribution < 1.29 is 9.90 Å². The average Bonchev–Trinajstić information content (AvgIpc) is 3.31. The van der Waals surface area contributed by atoms with Crippen molar-refractivity contribution in [1.82, 2.24) is 5.32 Å². The van der Waals surface area contributed by atoms with Crippen LogP contribution in [0.5, 0.6) is 0 Å². The fourth-order valence-electron chi connectivity index (χ4n) is 3.23. The Bertz CT molecular complexity index is 574. The van der Waals surface area contributed by atoms with Gasteiger partial charge in [-0.15, -0.1) is 0 Å². The number of carbonyl (C=O) groups is 1. The third kappa shape index (κ3) is 3.18. The van der Waals surface area contributed by atoms with Gasteiger partial charge in [-0.05, 0) is 56.1 Å². The lowest BCUT2D eigenvalue weighted by atomic mass is 9.79. The standard InChI is InChI=1S/C18H23NO2/c1-13(14-8-9-14)11-17(20)19-12-18(21)10-4-6-15-5-2-3-7-16(15)18/h2-3,5,7,11,14,21H,4,6,8-10,12H2,1H3,(H,19,20)/b13-11-. The second-order valence-corrected chi connectivity index (χ2v) is 6.42. The van der Waals surface area contributed by atoms with E-state index in [9.17, 15) is 9.90 Å². The first-order valence-corrected chi connectivity index (χ1v) is 7.85. The molecule has 1 aromatic rings. The zero-order valence-electron chi connectivity index (χ0n) is 12.6. The van der Waals surface area contributed by atoms with Crippen molar-refractivity contribution in [1.29, 1.82) is 0 Å². The number of rotatable bonds is 4. The van der Waals surface area contributed by atoms with Crippen LogP contribution in [-0.4, -0.2) is 17.6 Å². The molecule has 1 unspecified atom stereocenters. The van der Waals surface area contributed by atoms with Crippen LogP contribution in [0.2, 0.25) is 0 Å². The highest BCUT2D eigenvalue weighted by Gasteiger charge is 2.34. The van der Waals surface area contributed by atoms with Gasteiger partial charge >= 0.3 is 0 Å². The molecule has 21 heavy (non-hydrogen) atoms. The number of nitrogens with one attached hydrogen (secondary N) is 1. The Morgan fingerprint density at radius 2 is 2.19 bits per heavy atom. The summed E-state index contributed by atoms with van der Waals surface area (Å²) in [5, 5.41) is 13.8. The normalized spacial score (nSPS) is 25.3. The molecule has 1 amide bonds. The lowest BCUT2D eigenvalue weighted by molar-refractivity contribution is -0.118. The summed E-state index contributed by atoms with van der Waals surface area (Å²) in [6.45, 7) is 2.30. The van der Waals surface area contributed by atoms with Gasteiger partial charge in [0.05, 0.1) is 6.54 Å². The highest BCUT2D eigenvalue weighted by atomic mass is 16.3. The van der Waals surface area contributed by atoms with Crippen LogP contribution >= 0.6 is 0 Å². The zero-order valence-corrected chi connectivity index (χ0v) is 12.6. The summed E-state index contributed by atoms with van der Waals surface area (Å²) in [4.78, 5) is 12.0. The average molecular weight is 285 g/mol. The predicted molar refractivity (Wildman–Crippen MR) is 82.8 cm³/mol. The Balaban J connectivity index is 1.67. The van der Waals surface area contributed by atoms with Crippen LogP contribution in [0.1, 0.15) is 43.7 Å². The van der Waals surface area contributed by atoms with E-state index >= 15 is 0 Å². The summed E-state index contributed by atoms with van der Waals surface area (Å²) < 4.78 is 0. The maximum absolute atomic E-state index is 12.0. The largest absolute Gasteiger partial charge is 0.383 e. The SMILES string of the molecule is C/C(=C/C(=O)NCC1(O)CCCc2ccccc21)C1CC1. The lowest BCUT2D eigenvalue weighted by Crippen LogP contribution is -2.42. The van der Waals surface area contributed by atoms with E-state index < -0.39 is 5.60 Å². The van der Waals surface area contributed by atoms with Gasteiger partial charge in [0.2, 0.25) is 5.91 Å². The Morgan fingerprint density at radius 3 is 2.95 bits per heavy atom. The second-order valence-electron chi connectivity index (χ2n) is 6.42. The van der Waals surface area contributed by atoms with Gasteiger partial charge in [-0.3, -0.25) is 4.79 Å². The molecular weight excluding hydrogens is 262 g/mol. The Hall–Kier alpha value is -1.61. The van der Waals surface area contributed by atoms with Crippen molar-refractivity contribution in [3.05, 3.63) is 47.0 Å². The number of aryl methyl sites for hydroxylation is 1. The van der Waals surface area contributed by atoms with Gasteiger partial charge in [-0.1, -0.05) is 29.8 Å². The van der Waals surface area contributed by atoms with Crippen LogP contribution in [0.3, 0.4) is 0 Å². The Kier molecular flexibility index (Phi) is 3.85. The van der Waals surface area contributed by atoms with E-state index in [1.807, 2.05) is 25.1 Å². The van der Waals surface area contributed by atoms with Gasteiger partial charge in [-0.2, -0.15) is 0 Å². The zero-order chi connectivity index (χ0) is 14.9. The first kappa shape index (κ1) is 14.3. The third-order valence-corrected chi connectivity index (χ3v) is 4.69. The van der Waals surface area contributed by atoms with Crippen molar-refractivity contribution in [2.24, 2.45) is 5.92 Å². The molecule has 2 aliphatic carbocycles. The predicted octanol–water partition coefficient (Wildman–Crippen LogP) is 2.68. The molecule has 3 rings (SSSR count). The van der Waals surface area contributed by atoms with Crippen LogP contribution in [-0.2, 0) is 16.8 Å². The van der Waals surface area contributed by atoms with Gasteiger partial charge < -0.3 is 10.4 Å². The minimum Gasteiger partial charge on any atom is -0.383 e. The van der Waals surface area contributed by atoms with E-state index in [4.69, 9.17) is 0 Å². The van der Waals surface area contributed by atoms with Crippen LogP contribution in [0.15, 0.2) is 35.9 Å². The van der Waals surface area contributed by atoms with Gasteiger partial charge in [0, 0.05) is 6.08 Å². The molecule has 1 fully saturated rings. The molecule has 1 saturated carbocycles. The molecule has 2 N–H and O–H groups in total. The van der Waals surface area contributed by atoms with Crippen molar-refractivity contribution >= 4 is 5.91 Å². The quantitative estimate of drug-likeness (QED) is 0.836. The highest BCUT2D eigenvalue weighted by molar-refractivity contribution is 5.88. The summed E-state index contributed by atoms with van der Waals surface area (Å²) in [5.41, 5.74) is 2.40. The lowest BCUT2D eigenvalue weighted by Gasteiger charge is -2.34. The van der Waals surface area contributed by atoms with E-state index in [-0.39, 0.29) is 12.5 Å². The fraction of sp³-hybridized carbons (Fsp3) is 0.500. The molecule has 3 nitrogen and oxygen atoms in total. The molecule has 0 saturated heterocycles. The molecule has 0 spiro atoms. The molecule has 0 bridgehead atoms. The number of hydrogen-bond donors (Lipinski definition) is 2. The monoisotopic (exact) mass is 285 g/mol. The molecular formula is C18H23NO2. The molecule has 0 aliphatic heterocycles. The van der Waals surface area contributed by atoms with E-state index in [0.717, 1.165) is 24.0 Å². The van der Waals surface area contributed by atoms with Crippen molar-refractivity contribution in [2.45, 2.75) is 44.6 Å². The number of aliphatic hydroxyl groups is 1. The number of benzene rings is 1. The molecule has 1 aromatic carbocycles. The second kappa shape index (κ2) is 5.64. The molecule has 3 heteroatoms. The van der Waals surface area contributed by atoms with E-state index in [0.29, 0.717) is 12.3 Å². The minimum atomic E-state index is -0.925. The minimum absolute atomic E-state index is 0.0871. The Morgan fingerprint density at radius 1 is 1.43 bits per heavy atom. The van der Waals surface area contributed by atoms with E-state index in [1.165, 1.54) is 18.4 Å². The molecule has 0 radical (unpaired) electrons. The summed E-state index contributed by atoms with van der Waals surface area (Å²) in [6.07, 6.45) is 6.76.